The number of likely N-dealkylation sites (tertiary alicyclic amines) is 1. The lowest BCUT2D eigenvalue weighted by Crippen LogP contribution is -2.31. The number of nitrogens with zero attached hydrogens (tertiary/aromatic N) is 1. The molecule has 31 heavy (non-hydrogen) atoms. The zero-order chi connectivity index (χ0) is 21.6. The van der Waals surface area contributed by atoms with Crippen LogP contribution in [0.2, 0.25) is 0 Å². The van der Waals surface area contributed by atoms with Gasteiger partial charge in [0.25, 0.3) is 5.91 Å². The zero-order valence-corrected chi connectivity index (χ0v) is 18.0. The average Bonchev–Trinajstić information content (AvgIpc) is 3.37. The number of carbonyl (C=O) groups excluding carboxylic acids is 1. The van der Waals surface area contributed by atoms with Crippen LogP contribution in [-0.4, -0.2) is 45.2 Å². The van der Waals surface area contributed by atoms with Crippen molar-refractivity contribution in [3.63, 3.8) is 0 Å². The Kier molecular flexibility index (Phi) is 4.89. The van der Waals surface area contributed by atoms with E-state index < -0.39 is 9.84 Å². The molecule has 1 aromatic heterocycles. The Balaban J connectivity index is 1.52. The Labute approximate surface area is 180 Å². The van der Waals surface area contributed by atoms with E-state index in [1.807, 2.05) is 24.3 Å². The molecule has 0 N–H and O–H groups in total. The molecule has 2 aliphatic heterocycles. The number of sulfone groups is 1. The summed E-state index contributed by atoms with van der Waals surface area (Å²) in [5.74, 6) is 0.972. The minimum atomic E-state index is -3.36. The van der Waals surface area contributed by atoms with Gasteiger partial charge in [-0.1, -0.05) is 24.3 Å². The van der Waals surface area contributed by atoms with Crippen LogP contribution in [0.4, 0.5) is 0 Å². The molecule has 162 valence electrons. The van der Waals surface area contributed by atoms with E-state index in [-0.39, 0.29) is 23.5 Å². The van der Waals surface area contributed by atoms with Crippen molar-refractivity contribution in [3.8, 4) is 11.5 Å². The maximum Gasteiger partial charge on any atom is 0.290 e. The number of amides is 1. The SMILES string of the molecule is CS(=O)(=O)Cc1c(C(=O)N2CCCC2c2ccc3c(c2)OCCO3)oc2ccccc12. The van der Waals surface area contributed by atoms with Crippen LogP contribution in [0.25, 0.3) is 11.0 Å². The summed E-state index contributed by atoms with van der Waals surface area (Å²) in [6, 6.07) is 12.8. The maximum atomic E-state index is 13.6. The normalized spacial score (nSPS) is 18.5. The second-order valence-corrected chi connectivity index (χ2v) is 10.2. The van der Waals surface area contributed by atoms with Crippen molar-refractivity contribution in [3.05, 3.63) is 59.4 Å². The second-order valence-electron chi connectivity index (χ2n) is 8.04. The molecule has 5 rings (SSSR count). The molecule has 0 spiro atoms. The summed E-state index contributed by atoms with van der Waals surface area (Å²) >= 11 is 0. The van der Waals surface area contributed by atoms with Crippen molar-refractivity contribution in [2.75, 3.05) is 26.0 Å². The molecule has 2 aromatic carbocycles. The van der Waals surface area contributed by atoms with E-state index in [0.717, 1.165) is 24.7 Å². The van der Waals surface area contributed by atoms with Gasteiger partial charge in [0, 0.05) is 23.8 Å². The van der Waals surface area contributed by atoms with Crippen LogP contribution in [0.15, 0.2) is 46.9 Å². The molecule has 1 unspecified atom stereocenters. The maximum absolute atomic E-state index is 13.6. The Morgan fingerprint density at radius 2 is 1.87 bits per heavy atom. The molecule has 3 aromatic rings. The molecule has 0 bridgehead atoms. The largest absolute Gasteiger partial charge is 0.486 e. The number of fused-ring (bicyclic) bond motifs is 2. The lowest BCUT2D eigenvalue weighted by atomic mass is 10.0. The number of hydrogen-bond acceptors (Lipinski definition) is 6. The van der Waals surface area contributed by atoms with Crippen LogP contribution < -0.4 is 9.47 Å². The van der Waals surface area contributed by atoms with Crippen LogP contribution in [0.5, 0.6) is 11.5 Å². The standard InChI is InChI=1S/C23H23NO6S/c1-31(26,27)14-17-16-5-2-3-7-19(16)30-22(17)23(25)24-10-4-6-18(24)15-8-9-20-21(13-15)29-12-11-28-20/h2-3,5,7-9,13,18H,4,6,10-12,14H2,1H3. The molecular formula is C23H23NO6S. The highest BCUT2D eigenvalue weighted by Crippen LogP contribution is 2.39. The predicted molar refractivity (Wildman–Crippen MR) is 115 cm³/mol. The van der Waals surface area contributed by atoms with Crippen molar-refractivity contribution in [2.45, 2.75) is 24.6 Å². The average molecular weight is 442 g/mol. The van der Waals surface area contributed by atoms with E-state index in [1.54, 1.807) is 23.1 Å². The minimum absolute atomic E-state index is 0.107. The van der Waals surface area contributed by atoms with Crippen LogP contribution in [-0.2, 0) is 15.6 Å². The third-order valence-corrected chi connectivity index (χ3v) is 6.58. The highest BCUT2D eigenvalue weighted by Gasteiger charge is 2.35. The Morgan fingerprint density at radius 3 is 2.68 bits per heavy atom. The van der Waals surface area contributed by atoms with E-state index in [4.69, 9.17) is 13.9 Å². The number of hydrogen-bond donors (Lipinski definition) is 0. The first kappa shape index (κ1) is 19.9. The first-order chi connectivity index (χ1) is 14.9. The van der Waals surface area contributed by atoms with Crippen LogP contribution in [0.1, 0.15) is 40.6 Å². The number of benzene rings is 2. The lowest BCUT2D eigenvalue weighted by molar-refractivity contribution is 0.0704. The molecule has 7 nitrogen and oxygen atoms in total. The number of ether oxygens (including phenoxy) is 2. The Bertz CT molecular complexity index is 1260. The van der Waals surface area contributed by atoms with Crippen molar-refractivity contribution in [2.24, 2.45) is 0 Å². The quantitative estimate of drug-likeness (QED) is 0.613. The van der Waals surface area contributed by atoms with Crippen LogP contribution in [0.3, 0.4) is 0 Å². The first-order valence-corrected chi connectivity index (χ1v) is 12.4. The van der Waals surface area contributed by atoms with Gasteiger partial charge in [0.1, 0.15) is 18.8 Å². The van der Waals surface area contributed by atoms with Gasteiger partial charge >= 0.3 is 0 Å². The first-order valence-electron chi connectivity index (χ1n) is 10.3. The summed E-state index contributed by atoms with van der Waals surface area (Å²) in [4.78, 5) is 15.3. The van der Waals surface area contributed by atoms with E-state index >= 15 is 0 Å². The van der Waals surface area contributed by atoms with E-state index in [1.165, 1.54) is 0 Å². The molecule has 3 heterocycles. The van der Waals surface area contributed by atoms with E-state index in [2.05, 4.69) is 0 Å². The summed E-state index contributed by atoms with van der Waals surface area (Å²) in [6.07, 6.45) is 2.83. The van der Waals surface area contributed by atoms with E-state index in [0.29, 0.717) is 47.8 Å². The molecule has 0 aliphatic carbocycles. The topological polar surface area (TPSA) is 86.1 Å². The zero-order valence-electron chi connectivity index (χ0n) is 17.2. The molecule has 2 aliphatic rings. The fraction of sp³-hybridized carbons (Fsp3) is 0.348. The van der Waals surface area contributed by atoms with Crippen molar-refractivity contribution in [1.29, 1.82) is 0 Å². The van der Waals surface area contributed by atoms with Gasteiger partial charge in [-0.3, -0.25) is 4.79 Å². The van der Waals surface area contributed by atoms with Gasteiger partial charge < -0.3 is 18.8 Å². The Morgan fingerprint density at radius 1 is 1.10 bits per heavy atom. The smallest absolute Gasteiger partial charge is 0.290 e. The van der Waals surface area contributed by atoms with Gasteiger partial charge in [0.2, 0.25) is 0 Å². The number of carbonyl (C=O) groups is 1. The van der Waals surface area contributed by atoms with Gasteiger partial charge in [-0.2, -0.15) is 0 Å². The van der Waals surface area contributed by atoms with Crippen LogP contribution in [0, 0.1) is 0 Å². The fourth-order valence-corrected chi connectivity index (χ4v) is 5.24. The molecule has 0 saturated carbocycles. The Hall–Kier alpha value is -3.00. The number of rotatable bonds is 4. The lowest BCUT2D eigenvalue weighted by Gasteiger charge is -2.26. The highest BCUT2D eigenvalue weighted by molar-refractivity contribution is 7.89. The van der Waals surface area contributed by atoms with E-state index in [9.17, 15) is 13.2 Å². The number of furan rings is 1. The van der Waals surface area contributed by atoms with Crippen molar-refractivity contribution in [1.82, 2.24) is 4.90 Å². The molecule has 0 radical (unpaired) electrons. The third kappa shape index (κ3) is 3.76. The van der Waals surface area contributed by atoms with Crippen molar-refractivity contribution >= 4 is 26.7 Å². The van der Waals surface area contributed by atoms with Gasteiger partial charge in [-0.25, -0.2) is 8.42 Å². The number of para-hydroxylation sites is 1. The molecular weight excluding hydrogens is 418 g/mol. The third-order valence-electron chi connectivity index (χ3n) is 5.76. The second kappa shape index (κ2) is 7.60. The summed E-state index contributed by atoms with van der Waals surface area (Å²) in [5, 5.41) is 0.659. The molecule has 8 heteroatoms. The predicted octanol–water partition coefficient (Wildman–Crippen LogP) is 3.73. The van der Waals surface area contributed by atoms with Gasteiger partial charge in [0.15, 0.2) is 27.1 Å². The molecule has 1 amide bonds. The summed E-state index contributed by atoms with van der Waals surface area (Å²) < 4.78 is 41.3. The van der Waals surface area contributed by atoms with Crippen molar-refractivity contribution < 1.29 is 27.1 Å². The van der Waals surface area contributed by atoms with Gasteiger partial charge in [0.05, 0.1) is 11.8 Å². The molecule has 1 atom stereocenters. The van der Waals surface area contributed by atoms with Gasteiger partial charge in [-0.05, 0) is 36.6 Å². The summed E-state index contributed by atoms with van der Waals surface area (Å²) in [5.41, 5.74) is 1.91. The fourth-order valence-electron chi connectivity index (χ4n) is 4.43. The summed E-state index contributed by atoms with van der Waals surface area (Å²) in [7, 11) is -3.36. The monoisotopic (exact) mass is 441 g/mol. The molecule has 1 fully saturated rings. The minimum Gasteiger partial charge on any atom is -0.486 e. The molecule has 1 saturated heterocycles. The highest BCUT2D eigenvalue weighted by atomic mass is 32.2. The summed E-state index contributed by atoms with van der Waals surface area (Å²) in [6.45, 7) is 1.60. The van der Waals surface area contributed by atoms with Crippen LogP contribution >= 0.6 is 0 Å². The van der Waals surface area contributed by atoms with Gasteiger partial charge in [-0.15, -0.1) is 0 Å².